The lowest BCUT2D eigenvalue weighted by molar-refractivity contribution is -0.125. The average molecular weight is 285 g/mol. The molecule has 2 rings (SSSR count). The minimum atomic E-state index is 0. The molecule has 1 amide bonds. The summed E-state index contributed by atoms with van der Waals surface area (Å²) >= 11 is 0. The molecule has 2 unspecified atom stereocenters. The van der Waals surface area contributed by atoms with Gasteiger partial charge in [0, 0.05) is 18.5 Å². The molecule has 0 spiro atoms. The number of carbonyl (C=O) groups excluding carboxylic acids is 1. The number of aliphatic hydroxyl groups is 1. The van der Waals surface area contributed by atoms with E-state index in [0.29, 0.717) is 6.54 Å². The van der Waals surface area contributed by atoms with Crippen LogP contribution in [0.15, 0.2) is 24.3 Å². The maximum Gasteiger partial charge on any atom is 0.223 e. The van der Waals surface area contributed by atoms with Gasteiger partial charge in [-0.1, -0.05) is 24.3 Å². The molecular weight excluding hydrogens is 264 g/mol. The summed E-state index contributed by atoms with van der Waals surface area (Å²) in [5.74, 6) is 0.165. The Morgan fingerprint density at radius 1 is 1.37 bits per heavy atom. The van der Waals surface area contributed by atoms with E-state index in [9.17, 15) is 4.79 Å². The lowest BCUT2D eigenvalue weighted by atomic mass is 10.1. The second-order valence-electron chi connectivity index (χ2n) is 4.97. The van der Waals surface area contributed by atoms with Gasteiger partial charge in [-0.05, 0) is 30.4 Å². The van der Waals surface area contributed by atoms with Crippen molar-refractivity contribution >= 4 is 18.3 Å². The molecule has 0 aromatic heterocycles. The molecule has 1 saturated carbocycles. The first-order valence-electron chi connectivity index (χ1n) is 6.41. The van der Waals surface area contributed by atoms with Gasteiger partial charge in [-0.2, -0.15) is 0 Å². The molecule has 0 aliphatic heterocycles. The third-order valence-electron chi connectivity index (χ3n) is 3.48. The minimum absolute atomic E-state index is 0. The summed E-state index contributed by atoms with van der Waals surface area (Å²) < 4.78 is 0. The second kappa shape index (κ2) is 7.48. The zero-order chi connectivity index (χ0) is 13.0. The van der Waals surface area contributed by atoms with Crippen molar-refractivity contribution in [3.63, 3.8) is 0 Å². The Balaban J connectivity index is 0.00000180. The average Bonchev–Trinajstić information content (AvgIpc) is 2.83. The summed E-state index contributed by atoms with van der Waals surface area (Å²) in [6.07, 6.45) is 2.63. The first-order valence-corrected chi connectivity index (χ1v) is 6.41. The Hall–Kier alpha value is -1.10. The van der Waals surface area contributed by atoms with Crippen LogP contribution in [-0.4, -0.2) is 17.1 Å². The van der Waals surface area contributed by atoms with Crippen LogP contribution in [0.3, 0.4) is 0 Å². The number of amides is 1. The lowest BCUT2D eigenvalue weighted by Gasteiger charge is -2.11. The number of nitrogens with one attached hydrogen (secondary N) is 1. The van der Waals surface area contributed by atoms with Gasteiger partial charge >= 0.3 is 0 Å². The van der Waals surface area contributed by atoms with Crippen molar-refractivity contribution in [2.24, 2.45) is 11.7 Å². The van der Waals surface area contributed by atoms with E-state index in [2.05, 4.69) is 5.32 Å². The van der Waals surface area contributed by atoms with Crippen molar-refractivity contribution in [1.82, 2.24) is 5.32 Å². The van der Waals surface area contributed by atoms with Crippen LogP contribution in [-0.2, 0) is 17.9 Å². The third-order valence-corrected chi connectivity index (χ3v) is 3.48. The van der Waals surface area contributed by atoms with Gasteiger partial charge in [0.05, 0.1) is 6.61 Å². The summed E-state index contributed by atoms with van der Waals surface area (Å²) in [4.78, 5) is 11.9. The normalized spacial score (nSPS) is 21.8. The Kier molecular flexibility index (Phi) is 6.28. The molecule has 19 heavy (non-hydrogen) atoms. The second-order valence-corrected chi connectivity index (χ2v) is 4.97. The molecule has 1 aliphatic rings. The number of hydrogen-bond donors (Lipinski definition) is 3. The highest BCUT2D eigenvalue weighted by molar-refractivity contribution is 5.85. The van der Waals surface area contributed by atoms with Crippen molar-refractivity contribution in [3.05, 3.63) is 35.4 Å². The number of nitrogens with two attached hydrogens (primary N) is 1. The fourth-order valence-electron chi connectivity index (χ4n) is 2.43. The fraction of sp³-hybridized carbons (Fsp3) is 0.500. The van der Waals surface area contributed by atoms with Gasteiger partial charge in [0.25, 0.3) is 0 Å². The van der Waals surface area contributed by atoms with Crippen molar-refractivity contribution in [3.8, 4) is 0 Å². The molecule has 1 aliphatic carbocycles. The topological polar surface area (TPSA) is 75.4 Å². The number of carbonyl (C=O) groups is 1. The number of rotatable bonds is 4. The van der Waals surface area contributed by atoms with Gasteiger partial charge in [0.2, 0.25) is 5.91 Å². The zero-order valence-corrected chi connectivity index (χ0v) is 11.7. The van der Waals surface area contributed by atoms with Crippen LogP contribution in [0.1, 0.15) is 30.4 Å². The highest BCUT2D eigenvalue weighted by Crippen LogP contribution is 2.24. The van der Waals surface area contributed by atoms with Crippen LogP contribution in [0, 0.1) is 5.92 Å². The molecule has 5 heteroatoms. The molecule has 0 saturated heterocycles. The number of halogens is 1. The quantitative estimate of drug-likeness (QED) is 0.781. The molecule has 2 atom stereocenters. The van der Waals surface area contributed by atoms with Gasteiger partial charge in [-0.3, -0.25) is 4.79 Å². The highest BCUT2D eigenvalue weighted by Gasteiger charge is 2.27. The predicted molar refractivity (Wildman–Crippen MR) is 76.8 cm³/mol. The monoisotopic (exact) mass is 284 g/mol. The Morgan fingerprint density at radius 2 is 2.11 bits per heavy atom. The molecular formula is C14H21ClN2O2. The third kappa shape index (κ3) is 4.49. The molecule has 0 heterocycles. The van der Waals surface area contributed by atoms with Crippen LogP contribution < -0.4 is 11.1 Å². The standard InChI is InChI=1S/C14H20N2O2.ClH/c15-13-5-4-12(7-13)14(18)16-8-10-2-1-3-11(6-10)9-17;/h1-3,6,12-13,17H,4-5,7-9,15H2,(H,16,18);1H. The van der Waals surface area contributed by atoms with Crippen molar-refractivity contribution in [2.45, 2.75) is 38.5 Å². The minimum Gasteiger partial charge on any atom is -0.392 e. The van der Waals surface area contributed by atoms with E-state index in [1.165, 1.54) is 0 Å². The highest BCUT2D eigenvalue weighted by atomic mass is 35.5. The molecule has 1 aromatic rings. The summed E-state index contributed by atoms with van der Waals surface area (Å²) in [5.41, 5.74) is 7.68. The summed E-state index contributed by atoms with van der Waals surface area (Å²) in [6.45, 7) is 0.539. The number of aliphatic hydroxyl groups excluding tert-OH is 1. The van der Waals surface area contributed by atoms with E-state index in [1.807, 2.05) is 24.3 Å². The number of hydrogen-bond acceptors (Lipinski definition) is 3. The predicted octanol–water partition coefficient (Wildman–Crippen LogP) is 1.34. The smallest absolute Gasteiger partial charge is 0.223 e. The van der Waals surface area contributed by atoms with E-state index in [-0.39, 0.29) is 36.9 Å². The SMILES string of the molecule is Cl.NC1CCC(C(=O)NCc2cccc(CO)c2)C1. The van der Waals surface area contributed by atoms with Gasteiger partial charge in [-0.15, -0.1) is 12.4 Å². The van der Waals surface area contributed by atoms with Crippen molar-refractivity contribution in [1.29, 1.82) is 0 Å². The van der Waals surface area contributed by atoms with Crippen LogP contribution in [0.2, 0.25) is 0 Å². The fourth-order valence-corrected chi connectivity index (χ4v) is 2.43. The van der Waals surface area contributed by atoms with Crippen LogP contribution >= 0.6 is 12.4 Å². The molecule has 4 nitrogen and oxygen atoms in total. The molecule has 106 valence electrons. The Labute approximate surface area is 119 Å². The van der Waals surface area contributed by atoms with Crippen LogP contribution in [0.25, 0.3) is 0 Å². The van der Waals surface area contributed by atoms with E-state index < -0.39 is 0 Å². The molecule has 4 N–H and O–H groups in total. The van der Waals surface area contributed by atoms with E-state index in [1.54, 1.807) is 0 Å². The van der Waals surface area contributed by atoms with Crippen molar-refractivity contribution in [2.75, 3.05) is 0 Å². The van der Waals surface area contributed by atoms with Gasteiger partial charge in [0.15, 0.2) is 0 Å². The molecule has 0 radical (unpaired) electrons. The lowest BCUT2D eigenvalue weighted by Crippen LogP contribution is -2.30. The van der Waals surface area contributed by atoms with Crippen molar-refractivity contribution < 1.29 is 9.90 Å². The van der Waals surface area contributed by atoms with E-state index in [4.69, 9.17) is 10.8 Å². The molecule has 1 aromatic carbocycles. The van der Waals surface area contributed by atoms with E-state index >= 15 is 0 Å². The van der Waals surface area contributed by atoms with Crippen LogP contribution in [0.5, 0.6) is 0 Å². The maximum atomic E-state index is 11.9. The Morgan fingerprint density at radius 3 is 2.74 bits per heavy atom. The van der Waals surface area contributed by atoms with Gasteiger partial charge in [0.1, 0.15) is 0 Å². The maximum absolute atomic E-state index is 11.9. The summed E-state index contributed by atoms with van der Waals surface area (Å²) in [5, 5.41) is 12.0. The summed E-state index contributed by atoms with van der Waals surface area (Å²) in [6, 6.07) is 7.78. The molecule has 0 bridgehead atoms. The number of benzene rings is 1. The summed E-state index contributed by atoms with van der Waals surface area (Å²) in [7, 11) is 0. The van der Waals surface area contributed by atoms with Gasteiger partial charge < -0.3 is 16.2 Å². The molecule has 1 fully saturated rings. The zero-order valence-electron chi connectivity index (χ0n) is 10.8. The van der Waals surface area contributed by atoms with E-state index in [0.717, 1.165) is 30.4 Å². The largest absolute Gasteiger partial charge is 0.392 e. The first-order chi connectivity index (χ1) is 8.69. The first kappa shape index (κ1) is 16.0. The van der Waals surface area contributed by atoms with Gasteiger partial charge in [-0.25, -0.2) is 0 Å². The Bertz CT molecular complexity index is 426. The van der Waals surface area contributed by atoms with Crippen LogP contribution in [0.4, 0.5) is 0 Å².